The Hall–Kier alpha value is -0.970. The van der Waals surface area contributed by atoms with Gasteiger partial charge in [0.1, 0.15) is 5.54 Å². The monoisotopic (exact) mass is 268 g/mol. The van der Waals surface area contributed by atoms with E-state index < -0.39 is 5.54 Å². The van der Waals surface area contributed by atoms with Crippen molar-refractivity contribution in [2.45, 2.75) is 57.4 Å². The molecule has 0 aromatic rings. The standard InChI is InChI=1S/C13H20N2O2S/c1-9-5-7-13(8-6-9,12(14)18)15-10(16)3-2-4-11(15)17/h9H,2-8H2,1H3,(H2,14,18). The minimum Gasteiger partial charge on any atom is -0.391 e. The molecule has 0 atom stereocenters. The second-order valence-corrected chi connectivity index (χ2v) is 5.99. The van der Waals surface area contributed by atoms with Gasteiger partial charge in [-0.1, -0.05) is 19.1 Å². The topological polar surface area (TPSA) is 63.4 Å². The van der Waals surface area contributed by atoms with Gasteiger partial charge in [0.05, 0.1) is 4.99 Å². The van der Waals surface area contributed by atoms with Gasteiger partial charge in [0.15, 0.2) is 0 Å². The van der Waals surface area contributed by atoms with Gasteiger partial charge in [-0.2, -0.15) is 0 Å². The fraction of sp³-hybridized carbons (Fsp3) is 0.769. The first-order valence-corrected chi connectivity index (χ1v) is 7.04. The molecule has 2 N–H and O–H groups in total. The van der Waals surface area contributed by atoms with Crippen LogP contribution in [0.15, 0.2) is 0 Å². The maximum Gasteiger partial charge on any atom is 0.230 e. The molecule has 4 nitrogen and oxygen atoms in total. The van der Waals surface area contributed by atoms with E-state index in [-0.39, 0.29) is 11.8 Å². The van der Waals surface area contributed by atoms with Gasteiger partial charge in [0.2, 0.25) is 11.8 Å². The van der Waals surface area contributed by atoms with Crippen molar-refractivity contribution < 1.29 is 9.59 Å². The van der Waals surface area contributed by atoms with Crippen molar-refractivity contribution in [2.24, 2.45) is 11.7 Å². The molecule has 2 fully saturated rings. The third kappa shape index (κ3) is 2.16. The summed E-state index contributed by atoms with van der Waals surface area (Å²) in [5, 5.41) is 0. The first kappa shape index (κ1) is 13.5. The summed E-state index contributed by atoms with van der Waals surface area (Å²) >= 11 is 5.18. The molecule has 1 saturated carbocycles. The van der Waals surface area contributed by atoms with E-state index >= 15 is 0 Å². The molecule has 100 valence electrons. The molecule has 0 unspecified atom stereocenters. The molecule has 0 radical (unpaired) electrons. The fourth-order valence-corrected chi connectivity index (χ4v) is 3.35. The molecule has 1 aliphatic heterocycles. The minimum absolute atomic E-state index is 0.103. The highest BCUT2D eigenvalue weighted by Crippen LogP contribution is 2.38. The largest absolute Gasteiger partial charge is 0.391 e. The second kappa shape index (κ2) is 4.96. The van der Waals surface area contributed by atoms with Gasteiger partial charge in [-0.3, -0.25) is 14.5 Å². The minimum atomic E-state index is -0.684. The SMILES string of the molecule is CC1CCC(C(N)=S)(N2C(=O)CCCC2=O)CC1. The Balaban J connectivity index is 2.32. The lowest BCUT2D eigenvalue weighted by Gasteiger charge is -2.47. The van der Waals surface area contributed by atoms with Crippen LogP contribution in [0.2, 0.25) is 0 Å². The van der Waals surface area contributed by atoms with E-state index in [0.717, 1.165) is 25.7 Å². The van der Waals surface area contributed by atoms with Crippen LogP contribution in [0.4, 0.5) is 0 Å². The molecule has 2 amide bonds. The van der Waals surface area contributed by atoms with Crippen molar-refractivity contribution in [3.8, 4) is 0 Å². The van der Waals surface area contributed by atoms with Crippen molar-refractivity contribution in [1.29, 1.82) is 0 Å². The summed E-state index contributed by atoms with van der Waals surface area (Å²) in [5.74, 6) is 0.407. The molecule has 0 aromatic heterocycles. The lowest BCUT2D eigenvalue weighted by Crippen LogP contribution is -2.63. The van der Waals surface area contributed by atoms with Gasteiger partial charge < -0.3 is 5.73 Å². The zero-order valence-electron chi connectivity index (χ0n) is 10.8. The zero-order chi connectivity index (χ0) is 13.3. The number of nitrogens with zero attached hydrogens (tertiary/aromatic N) is 1. The van der Waals surface area contributed by atoms with E-state index in [0.29, 0.717) is 30.2 Å². The molecule has 2 aliphatic rings. The van der Waals surface area contributed by atoms with Gasteiger partial charge in [0.25, 0.3) is 0 Å². The fourth-order valence-electron chi connectivity index (χ4n) is 3.05. The van der Waals surface area contributed by atoms with E-state index in [1.54, 1.807) is 0 Å². The molecule has 0 bridgehead atoms. The van der Waals surface area contributed by atoms with Crippen LogP contribution in [0.25, 0.3) is 0 Å². The Bertz CT molecular complexity index is 370. The number of thiocarbonyl (C=S) groups is 1. The lowest BCUT2D eigenvalue weighted by atomic mass is 9.75. The van der Waals surface area contributed by atoms with E-state index in [1.165, 1.54) is 4.90 Å². The van der Waals surface area contributed by atoms with Gasteiger partial charge in [0, 0.05) is 12.8 Å². The Kier molecular flexibility index (Phi) is 3.71. The number of amides is 2. The lowest BCUT2D eigenvalue weighted by molar-refractivity contribution is -0.154. The van der Waals surface area contributed by atoms with Gasteiger partial charge in [-0.05, 0) is 38.0 Å². The summed E-state index contributed by atoms with van der Waals surface area (Å²) in [6.45, 7) is 2.18. The Morgan fingerprint density at radius 1 is 1.28 bits per heavy atom. The predicted molar refractivity (Wildman–Crippen MR) is 72.9 cm³/mol. The van der Waals surface area contributed by atoms with Crippen LogP contribution in [0, 0.1) is 5.92 Å². The van der Waals surface area contributed by atoms with Gasteiger partial charge in [-0.25, -0.2) is 0 Å². The van der Waals surface area contributed by atoms with Crippen LogP contribution in [0.5, 0.6) is 0 Å². The van der Waals surface area contributed by atoms with Crippen LogP contribution in [0.3, 0.4) is 0 Å². The predicted octanol–water partition coefficient (Wildman–Crippen LogP) is 1.76. The van der Waals surface area contributed by atoms with E-state index in [1.807, 2.05) is 0 Å². The molecule has 1 saturated heterocycles. The van der Waals surface area contributed by atoms with Crippen LogP contribution in [0.1, 0.15) is 51.9 Å². The highest BCUT2D eigenvalue weighted by atomic mass is 32.1. The average Bonchev–Trinajstić information content (AvgIpc) is 2.31. The van der Waals surface area contributed by atoms with Crippen molar-refractivity contribution in [3.05, 3.63) is 0 Å². The molecule has 2 rings (SSSR count). The zero-order valence-corrected chi connectivity index (χ0v) is 11.6. The number of nitrogens with two attached hydrogens (primary N) is 1. The molecule has 0 spiro atoms. The average molecular weight is 268 g/mol. The van der Waals surface area contributed by atoms with Crippen molar-refractivity contribution in [3.63, 3.8) is 0 Å². The molecule has 1 aliphatic carbocycles. The second-order valence-electron chi connectivity index (χ2n) is 5.55. The number of carbonyl (C=O) groups excluding carboxylic acids is 2. The summed E-state index contributed by atoms with van der Waals surface area (Å²) in [6, 6.07) is 0. The van der Waals surface area contributed by atoms with Crippen LogP contribution >= 0.6 is 12.2 Å². The maximum absolute atomic E-state index is 12.1. The van der Waals surface area contributed by atoms with E-state index in [2.05, 4.69) is 6.92 Å². The number of carbonyl (C=O) groups is 2. The van der Waals surface area contributed by atoms with Gasteiger partial charge in [-0.15, -0.1) is 0 Å². The summed E-state index contributed by atoms with van der Waals surface area (Å²) in [6.07, 6.45) is 4.90. The van der Waals surface area contributed by atoms with Crippen molar-refractivity contribution >= 4 is 29.0 Å². The molecular formula is C13H20N2O2S. The third-order valence-corrected chi connectivity index (χ3v) is 4.65. The Labute approximate surface area is 113 Å². The smallest absolute Gasteiger partial charge is 0.230 e. The number of imide groups is 1. The Morgan fingerprint density at radius 2 is 1.78 bits per heavy atom. The van der Waals surface area contributed by atoms with Crippen LogP contribution in [-0.4, -0.2) is 27.2 Å². The molecule has 0 aromatic carbocycles. The first-order chi connectivity index (χ1) is 8.47. The highest BCUT2D eigenvalue weighted by Gasteiger charge is 2.48. The Morgan fingerprint density at radius 3 is 2.22 bits per heavy atom. The molecule has 18 heavy (non-hydrogen) atoms. The number of rotatable bonds is 2. The third-order valence-electron chi connectivity index (χ3n) is 4.27. The van der Waals surface area contributed by atoms with Crippen molar-refractivity contribution in [2.75, 3.05) is 0 Å². The number of hydrogen-bond acceptors (Lipinski definition) is 3. The maximum atomic E-state index is 12.1. The quantitative estimate of drug-likeness (QED) is 0.612. The van der Waals surface area contributed by atoms with Crippen LogP contribution in [-0.2, 0) is 9.59 Å². The summed E-state index contributed by atoms with van der Waals surface area (Å²) in [4.78, 5) is 25.9. The molecule has 5 heteroatoms. The first-order valence-electron chi connectivity index (χ1n) is 6.63. The summed E-state index contributed by atoms with van der Waals surface area (Å²) in [5.41, 5.74) is 5.20. The van der Waals surface area contributed by atoms with Gasteiger partial charge >= 0.3 is 0 Å². The normalized spacial score (nSPS) is 33.6. The molecular weight excluding hydrogens is 248 g/mol. The van der Waals surface area contributed by atoms with Crippen molar-refractivity contribution in [1.82, 2.24) is 4.90 Å². The van der Waals surface area contributed by atoms with Crippen LogP contribution < -0.4 is 5.73 Å². The number of likely N-dealkylation sites (tertiary alicyclic amines) is 1. The summed E-state index contributed by atoms with van der Waals surface area (Å²) in [7, 11) is 0. The summed E-state index contributed by atoms with van der Waals surface area (Å²) < 4.78 is 0. The highest BCUT2D eigenvalue weighted by molar-refractivity contribution is 7.80. The van der Waals surface area contributed by atoms with E-state index in [4.69, 9.17) is 18.0 Å². The number of piperidine rings is 1. The number of hydrogen-bond donors (Lipinski definition) is 1. The van der Waals surface area contributed by atoms with E-state index in [9.17, 15) is 9.59 Å². The molecule has 1 heterocycles.